The first kappa shape index (κ1) is 11.5. The average molecular weight is 198 g/mol. The Morgan fingerprint density at radius 3 is 2.50 bits per heavy atom. The van der Waals surface area contributed by atoms with E-state index in [0.29, 0.717) is 0 Å². The minimum absolute atomic E-state index is 0.0353. The molecule has 3 nitrogen and oxygen atoms in total. The monoisotopic (exact) mass is 198 g/mol. The number of rotatable bonds is 3. The number of ether oxygens (including phenoxy) is 1. The summed E-state index contributed by atoms with van der Waals surface area (Å²) in [6, 6.07) is 0. The van der Waals surface area contributed by atoms with Crippen molar-refractivity contribution in [2.75, 3.05) is 19.7 Å². The molecule has 0 unspecified atom stereocenters. The van der Waals surface area contributed by atoms with Gasteiger partial charge in [0.1, 0.15) is 0 Å². The molecule has 1 heterocycles. The van der Waals surface area contributed by atoms with E-state index in [2.05, 4.69) is 44.5 Å². The Bertz CT molecular complexity index is 216. The van der Waals surface area contributed by atoms with Crippen LogP contribution in [0.3, 0.4) is 0 Å². The Kier molecular flexibility index (Phi) is 3.20. The van der Waals surface area contributed by atoms with E-state index >= 15 is 0 Å². The molecule has 0 saturated heterocycles. The lowest BCUT2D eigenvalue weighted by molar-refractivity contribution is -0.00711. The summed E-state index contributed by atoms with van der Waals surface area (Å²) in [5, 5.41) is 0. The van der Waals surface area contributed by atoms with Crippen molar-refractivity contribution in [3.05, 3.63) is 0 Å². The Morgan fingerprint density at radius 1 is 1.43 bits per heavy atom. The maximum atomic E-state index is 5.66. The highest BCUT2D eigenvalue weighted by Gasteiger charge is 2.24. The molecule has 3 heteroatoms. The lowest BCUT2D eigenvalue weighted by atomic mass is 10.1. The summed E-state index contributed by atoms with van der Waals surface area (Å²) in [5.41, 5.74) is 0.0497. The van der Waals surface area contributed by atoms with Crippen molar-refractivity contribution >= 4 is 6.34 Å². The lowest BCUT2D eigenvalue weighted by Gasteiger charge is -2.23. The van der Waals surface area contributed by atoms with Crippen molar-refractivity contribution in [2.45, 2.75) is 45.8 Å². The van der Waals surface area contributed by atoms with Crippen molar-refractivity contribution in [1.29, 1.82) is 0 Å². The van der Waals surface area contributed by atoms with E-state index < -0.39 is 0 Å². The van der Waals surface area contributed by atoms with Crippen molar-refractivity contribution < 1.29 is 4.74 Å². The van der Waals surface area contributed by atoms with Gasteiger partial charge in [-0.2, -0.15) is 0 Å². The van der Waals surface area contributed by atoms with Gasteiger partial charge in [-0.05, 0) is 34.6 Å². The summed E-state index contributed by atoms with van der Waals surface area (Å²) in [7, 11) is 0. The predicted molar refractivity (Wildman–Crippen MR) is 59.8 cm³/mol. The van der Waals surface area contributed by atoms with Crippen molar-refractivity contribution in [3.8, 4) is 0 Å². The average Bonchev–Trinajstić information content (AvgIpc) is 2.27. The van der Waals surface area contributed by atoms with Gasteiger partial charge in [-0.15, -0.1) is 0 Å². The van der Waals surface area contributed by atoms with E-state index in [0.717, 1.165) is 19.7 Å². The first-order chi connectivity index (χ1) is 6.29. The fourth-order valence-corrected chi connectivity index (χ4v) is 1.42. The minimum Gasteiger partial charge on any atom is -0.374 e. The van der Waals surface area contributed by atoms with Gasteiger partial charge in [0.15, 0.2) is 0 Å². The molecular formula is C11H22N2O. The second kappa shape index (κ2) is 3.89. The molecule has 82 valence electrons. The standard InChI is InChI=1S/C11H22N2O/c1-10(2,3)14-7-6-13-8-11(4,5)12-9-13/h9H,6-8H2,1-5H3. The maximum absolute atomic E-state index is 5.66. The van der Waals surface area contributed by atoms with E-state index in [4.69, 9.17) is 4.74 Å². The number of hydrogen-bond donors (Lipinski definition) is 0. The van der Waals surface area contributed by atoms with Crippen LogP contribution in [0.15, 0.2) is 4.99 Å². The summed E-state index contributed by atoms with van der Waals surface area (Å²) < 4.78 is 5.66. The van der Waals surface area contributed by atoms with Gasteiger partial charge in [0.05, 0.1) is 24.1 Å². The first-order valence-electron chi connectivity index (χ1n) is 5.22. The Morgan fingerprint density at radius 2 is 2.07 bits per heavy atom. The fraction of sp³-hybridized carbons (Fsp3) is 0.909. The zero-order valence-corrected chi connectivity index (χ0v) is 10.0. The smallest absolute Gasteiger partial charge is 0.0858 e. The molecule has 1 aliphatic rings. The molecular weight excluding hydrogens is 176 g/mol. The highest BCUT2D eigenvalue weighted by molar-refractivity contribution is 5.58. The second-order valence-electron chi connectivity index (χ2n) is 5.49. The van der Waals surface area contributed by atoms with Gasteiger partial charge in [-0.1, -0.05) is 0 Å². The van der Waals surface area contributed by atoms with Gasteiger partial charge in [-0.25, -0.2) is 0 Å². The van der Waals surface area contributed by atoms with Crippen molar-refractivity contribution in [3.63, 3.8) is 0 Å². The quantitative estimate of drug-likeness (QED) is 0.692. The molecule has 0 aromatic rings. The maximum Gasteiger partial charge on any atom is 0.0858 e. The van der Waals surface area contributed by atoms with Crippen LogP contribution in [0.5, 0.6) is 0 Å². The van der Waals surface area contributed by atoms with Gasteiger partial charge < -0.3 is 9.64 Å². The molecule has 0 aliphatic carbocycles. The Balaban J connectivity index is 2.19. The predicted octanol–water partition coefficient (Wildman–Crippen LogP) is 1.92. The SMILES string of the molecule is CC1(C)CN(CCOC(C)(C)C)C=N1. The van der Waals surface area contributed by atoms with E-state index in [1.54, 1.807) is 0 Å². The van der Waals surface area contributed by atoms with Crippen LogP contribution in [0.1, 0.15) is 34.6 Å². The van der Waals surface area contributed by atoms with Crippen LogP contribution in [0.4, 0.5) is 0 Å². The normalized spacial score (nSPS) is 20.5. The molecule has 1 aliphatic heterocycles. The van der Waals surface area contributed by atoms with Gasteiger partial charge in [0.25, 0.3) is 0 Å². The molecule has 0 saturated carbocycles. The summed E-state index contributed by atoms with van der Waals surface area (Å²) in [5.74, 6) is 0. The van der Waals surface area contributed by atoms with Gasteiger partial charge in [0, 0.05) is 13.1 Å². The van der Waals surface area contributed by atoms with Crippen LogP contribution in [0.25, 0.3) is 0 Å². The Labute approximate surface area is 87.2 Å². The first-order valence-corrected chi connectivity index (χ1v) is 5.22. The van der Waals surface area contributed by atoms with Crippen molar-refractivity contribution in [1.82, 2.24) is 4.90 Å². The van der Waals surface area contributed by atoms with Crippen LogP contribution in [-0.4, -0.2) is 42.1 Å². The third-order valence-corrected chi connectivity index (χ3v) is 2.07. The van der Waals surface area contributed by atoms with E-state index in [9.17, 15) is 0 Å². The third-order valence-electron chi connectivity index (χ3n) is 2.07. The fourth-order valence-electron chi connectivity index (χ4n) is 1.42. The molecule has 0 radical (unpaired) electrons. The number of hydrogen-bond acceptors (Lipinski definition) is 3. The van der Waals surface area contributed by atoms with Gasteiger partial charge in [0.2, 0.25) is 0 Å². The minimum atomic E-state index is -0.0353. The number of aliphatic imine (C=N–C) groups is 1. The van der Waals surface area contributed by atoms with Crippen LogP contribution < -0.4 is 0 Å². The molecule has 0 bridgehead atoms. The van der Waals surface area contributed by atoms with Gasteiger partial charge in [-0.3, -0.25) is 4.99 Å². The van der Waals surface area contributed by atoms with E-state index in [1.807, 2.05) is 6.34 Å². The highest BCUT2D eigenvalue weighted by Crippen LogP contribution is 2.16. The third kappa shape index (κ3) is 4.09. The largest absolute Gasteiger partial charge is 0.374 e. The van der Waals surface area contributed by atoms with E-state index in [1.165, 1.54) is 0 Å². The molecule has 0 aromatic heterocycles. The van der Waals surface area contributed by atoms with Crippen LogP contribution >= 0.6 is 0 Å². The molecule has 0 amide bonds. The lowest BCUT2D eigenvalue weighted by Crippen LogP contribution is -2.33. The molecule has 1 rings (SSSR count). The zero-order chi connectivity index (χ0) is 10.8. The summed E-state index contributed by atoms with van der Waals surface area (Å²) in [6.07, 6.45) is 1.94. The van der Waals surface area contributed by atoms with Crippen LogP contribution in [0.2, 0.25) is 0 Å². The Hall–Kier alpha value is -0.570. The van der Waals surface area contributed by atoms with Crippen LogP contribution in [0, 0.1) is 0 Å². The van der Waals surface area contributed by atoms with E-state index in [-0.39, 0.29) is 11.1 Å². The summed E-state index contributed by atoms with van der Waals surface area (Å²) in [6.45, 7) is 13.2. The topological polar surface area (TPSA) is 24.8 Å². The molecule has 0 N–H and O–H groups in total. The molecule has 0 atom stereocenters. The molecule has 0 fully saturated rings. The zero-order valence-electron chi connectivity index (χ0n) is 10.0. The molecule has 0 spiro atoms. The number of nitrogens with zero attached hydrogens (tertiary/aromatic N) is 2. The van der Waals surface area contributed by atoms with Gasteiger partial charge >= 0.3 is 0 Å². The summed E-state index contributed by atoms with van der Waals surface area (Å²) in [4.78, 5) is 6.62. The van der Waals surface area contributed by atoms with Crippen molar-refractivity contribution in [2.24, 2.45) is 4.99 Å². The second-order valence-corrected chi connectivity index (χ2v) is 5.49. The summed E-state index contributed by atoms with van der Waals surface area (Å²) >= 11 is 0. The molecule has 0 aromatic carbocycles. The highest BCUT2D eigenvalue weighted by atomic mass is 16.5. The van der Waals surface area contributed by atoms with Crippen LogP contribution in [-0.2, 0) is 4.74 Å². The molecule has 14 heavy (non-hydrogen) atoms.